The summed E-state index contributed by atoms with van der Waals surface area (Å²) in [6.45, 7) is 3.93. The predicted octanol–water partition coefficient (Wildman–Crippen LogP) is 2.15. The van der Waals surface area contributed by atoms with Gasteiger partial charge in [-0.25, -0.2) is 4.98 Å². The molecule has 0 saturated heterocycles. The molecule has 0 aliphatic heterocycles. The van der Waals surface area contributed by atoms with Crippen molar-refractivity contribution in [1.82, 2.24) is 30.4 Å². The Morgan fingerprint density at radius 3 is 2.64 bits per heavy atom. The Hall–Kier alpha value is -2.12. The van der Waals surface area contributed by atoms with Crippen molar-refractivity contribution < 1.29 is 13.2 Å². The molecule has 2 aromatic heterocycles. The second kappa shape index (κ2) is 11.7. The largest absolute Gasteiger partial charge is 0.419 e. The van der Waals surface area contributed by atoms with Crippen LogP contribution in [-0.2, 0) is 19.1 Å². The summed E-state index contributed by atoms with van der Waals surface area (Å²) in [5, 5.41) is 16.7. The Morgan fingerprint density at radius 1 is 1.21 bits per heavy atom. The lowest BCUT2D eigenvalue weighted by atomic mass is 10.2. The van der Waals surface area contributed by atoms with Crippen LogP contribution in [0.2, 0.25) is 0 Å². The van der Waals surface area contributed by atoms with Gasteiger partial charge in [0.2, 0.25) is 0 Å². The lowest BCUT2D eigenvalue weighted by Crippen LogP contribution is -2.41. The molecule has 0 aliphatic rings. The van der Waals surface area contributed by atoms with E-state index in [1.807, 2.05) is 11.5 Å². The number of rotatable bonds is 8. The van der Waals surface area contributed by atoms with Crippen LogP contribution in [0.5, 0.6) is 0 Å². The number of hydrogen-bond acceptors (Lipinski definition) is 5. The average molecular weight is 512 g/mol. The van der Waals surface area contributed by atoms with E-state index in [1.165, 1.54) is 12.3 Å². The topological polar surface area (TPSA) is 92.0 Å². The van der Waals surface area contributed by atoms with Crippen LogP contribution in [0, 0.1) is 0 Å². The highest BCUT2D eigenvalue weighted by atomic mass is 127. The Balaban J connectivity index is 0.00000392. The number of halogens is 4. The zero-order valence-corrected chi connectivity index (χ0v) is 18.0. The molecule has 0 fully saturated rings. The molecule has 0 aromatic carbocycles. The molecule has 0 unspecified atom stereocenters. The molecule has 3 N–H and O–H groups in total. The molecule has 0 radical (unpaired) electrons. The molecule has 0 aliphatic carbocycles. The van der Waals surface area contributed by atoms with Crippen LogP contribution in [0.4, 0.5) is 19.0 Å². The van der Waals surface area contributed by atoms with Gasteiger partial charge >= 0.3 is 6.18 Å². The zero-order chi connectivity index (χ0) is 19.7. The molecule has 0 bridgehead atoms. The van der Waals surface area contributed by atoms with Gasteiger partial charge in [-0.15, -0.1) is 34.2 Å². The smallest absolute Gasteiger partial charge is 0.368 e. The van der Waals surface area contributed by atoms with E-state index in [1.54, 1.807) is 13.4 Å². The number of nitrogens with zero attached hydrogens (tertiary/aromatic N) is 5. The van der Waals surface area contributed by atoms with Crippen LogP contribution in [0.3, 0.4) is 0 Å². The van der Waals surface area contributed by atoms with Crippen molar-refractivity contribution >= 4 is 35.8 Å². The Labute approximate surface area is 178 Å². The van der Waals surface area contributed by atoms with Gasteiger partial charge in [-0.1, -0.05) is 6.92 Å². The summed E-state index contributed by atoms with van der Waals surface area (Å²) >= 11 is 0. The molecule has 156 valence electrons. The minimum Gasteiger partial charge on any atom is -0.368 e. The molecule has 2 heterocycles. The third kappa shape index (κ3) is 7.13. The van der Waals surface area contributed by atoms with Gasteiger partial charge in [-0.2, -0.15) is 13.2 Å². The van der Waals surface area contributed by atoms with E-state index >= 15 is 0 Å². The molecule has 0 spiro atoms. The first-order valence-corrected chi connectivity index (χ1v) is 8.53. The lowest BCUT2D eigenvalue weighted by molar-refractivity contribution is -0.137. The van der Waals surface area contributed by atoms with Gasteiger partial charge in [0.1, 0.15) is 18.0 Å². The second-order valence-electron chi connectivity index (χ2n) is 5.54. The monoisotopic (exact) mass is 512 g/mol. The molecule has 0 atom stereocenters. The van der Waals surface area contributed by atoms with E-state index in [2.05, 4.69) is 36.1 Å². The van der Waals surface area contributed by atoms with Crippen LogP contribution in [0.1, 0.15) is 18.3 Å². The van der Waals surface area contributed by atoms with E-state index in [9.17, 15) is 13.2 Å². The predicted molar refractivity (Wildman–Crippen MR) is 112 cm³/mol. The molecular weight excluding hydrogens is 488 g/mol. The average Bonchev–Trinajstić information content (AvgIpc) is 3.10. The normalized spacial score (nSPS) is 11.7. The number of aromatic nitrogens is 4. The zero-order valence-electron chi connectivity index (χ0n) is 15.6. The number of alkyl halides is 3. The lowest BCUT2D eigenvalue weighted by Gasteiger charge is -2.15. The van der Waals surface area contributed by atoms with Crippen LogP contribution in [0.15, 0.2) is 29.6 Å². The SMILES string of the molecule is CCc1nncn1CCNC(=NC)NCCNc1ncccc1C(F)(F)F.I. The first-order chi connectivity index (χ1) is 13.0. The fourth-order valence-corrected chi connectivity index (χ4v) is 2.39. The molecule has 2 rings (SSSR count). The van der Waals surface area contributed by atoms with Crippen molar-refractivity contribution in [3.05, 3.63) is 36.0 Å². The summed E-state index contributed by atoms with van der Waals surface area (Å²) < 4.78 is 40.7. The number of aliphatic imine (C=N–C) groups is 1. The first-order valence-electron chi connectivity index (χ1n) is 8.53. The minimum atomic E-state index is -4.44. The maximum absolute atomic E-state index is 12.9. The van der Waals surface area contributed by atoms with Crippen molar-refractivity contribution in [3.8, 4) is 0 Å². The van der Waals surface area contributed by atoms with Gasteiger partial charge in [0.15, 0.2) is 5.96 Å². The maximum atomic E-state index is 12.9. The van der Waals surface area contributed by atoms with E-state index in [4.69, 9.17) is 0 Å². The number of hydrogen-bond donors (Lipinski definition) is 3. The molecule has 2 aromatic rings. The highest BCUT2D eigenvalue weighted by Crippen LogP contribution is 2.33. The third-order valence-electron chi connectivity index (χ3n) is 3.70. The van der Waals surface area contributed by atoms with Crippen LogP contribution >= 0.6 is 24.0 Å². The van der Waals surface area contributed by atoms with Crippen molar-refractivity contribution in [1.29, 1.82) is 0 Å². The summed E-state index contributed by atoms with van der Waals surface area (Å²) in [6, 6.07) is 2.26. The minimum absolute atomic E-state index is 0. The standard InChI is InChI=1S/C16H23F3N8.HI/c1-3-13-26-25-11-27(13)10-9-24-15(20-2)23-8-7-22-14-12(16(17,18)19)5-4-6-21-14;/h4-6,11H,3,7-10H2,1-2H3,(H,21,22)(H2,20,23,24);1H. The van der Waals surface area contributed by atoms with Gasteiger partial charge in [0.25, 0.3) is 0 Å². The molecule has 28 heavy (non-hydrogen) atoms. The van der Waals surface area contributed by atoms with E-state index in [-0.39, 0.29) is 36.3 Å². The van der Waals surface area contributed by atoms with Crippen molar-refractivity contribution in [2.75, 3.05) is 32.0 Å². The van der Waals surface area contributed by atoms with Gasteiger partial charge in [0, 0.05) is 45.8 Å². The fourth-order valence-electron chi connectivity index (χ4n) is 2.39. The summed E-state index contributed by atoms with van der Waals surface area (Å²) in [6.07, 6.45) is -0.653. The summed E-state index contributed by atoms with van der Waals surface area (Å²) in [7, 11) is 1.62. The highest BCUT2D eigenvalue weighted by molar-refractivity contribution is 14.0. The van der Waals surface area contributed by atoms with E-state index in [0.29, 0.717) is 25.6 Å². The van der Waals surface area contributed by atoms with E-state index in [0.717, 1.165) is 18.3 Å². The number of nitrogens with one attached hydrogen (secondary N) is 3. The Morgan fingerprint density at radius 2 is 1.96 bits per heavy atom. The quantitative estimate of drug-likeness (QED) is 0.217. The van der Waals surface area contributed by atoms with Gasteiger partial charge < -0.3 is 20.5 Å². The number of pyridine rings is 1. The molecular formula is C16H24F3IN8. The van der Waals surface area contributed by atoms with Crippen LogP contribution in [-0.4, -0.2) is 52.4 Å². The number of anilines is 1. The second-order valence-corrected chi connectivity index (χ2v) is 5.54. The molecule has 0 saturated carbocycles. The Bertz CT molecular complexity index is 747. The summed E-state index contributed by atoms with van der Waals surface area (Å²) in [4.78, 5) is 7.84. The van der Waals surface area contributed by atoms with Crippen molar-refractivity contribution in [2.45, 2.75) is 26.1 Å². The van der Waals surface area contributed by atoms with Gasteiger partial charge in [-0.05, 0) is 12.1 Å². The maximum Gasteiger partial charge on any atom is 0.419 e. The molecule has 8 nitrogen and oxygen atoms in total. The van der Waals surface area contributed by atoms with Gasteiger partial charge in [0.05, 0.1) is 5.56 Å². The van der Waals surface area contributed by atoms with E-state index < -0.39 is 11.7 Å². The van der Waals surface area contributed by atoms with Gasteiger partial charge in [-0.3, -0.25) is 4.99 Å². The van der Waals surface area contributed by atoms with Crippen LogP contribution in [0.25, 0.3) is 0 Å². The number of guanidine groups is 1. The number of aryl methyl sites for hydroxylation is 1. The summed E-state index contributed by atoms with van der Waals surface area (Å²) in [5.41, 5.74) is -0.784. The fraction of sp³-hybridized carbons (Fsp3) is 0.500. The van der Waals surface area contributed by atoms with Crippen LogP contribution < -0.4 is 16.0 Å². The summed E-state index contributed by atoms with van der Waals surface area (Å²) in [5.74, 6) is 1.27. The van der Waals surface area contributed by atoms with Crippen molar-refractivity contribution in [3.63, 3.8) is 0 Å². The first kappa shape index (κ1) is 23.9. The molecule has 0 amide bonds. The van der Waals surface area contributed by atoms with Crippen molar-refractivity contribution in [2.24, 2.45) is 4.99 Å². The third-order valence-corrected chi connectivity index (χ3v) is 3.70. The Kier molecular flexibility index (Phi) is 9.96. The highest BCUT2D eigenvalue weighted by Gasteiger charge is 2.33. The molecule has 12 heteroatoms.